The minimum atomic E-state index is -2.37. The van der Waals surface area contributed by atoms with Gasteiger partial charge in [-0.05, 0) is 64.3 Å². The minimum Gasteiger partial charge on any atom is -0.455 e. The van der Waals surface area contributed by atoms with Crippen molar-refractivity contribution in [3.63, 3.8) is 0 Å². The second-order valence-corrected chi connectivity index (χ2v) is 20.1. The molecule has 1 heterocycles. The van der Waals surface area contributed by atoms with Crippen LogP contribution in [-0.2, 0) is 23.5 Å². The number of carbonyl (C=O) groups excluding carboxylic acids is 2. The van der Waals surface area contributed by atoms with Crippen LogP contribution in [0.2, 0.25) is 18.1 Å². The first-order valence-corrected chi connectivity index (χ1v) is 17.1. The Morgan fingerprint density at radius 3 is 2.23 bits per heavy atom. The van der Waals surface area contributed by atoms with Crippen molar-refractivity contribution in [2.75, 3.05) is 20.6 Å². The van der Waals surface area contributed by atoms with E-state index in [1.807, 2.05) is 6.92 Å². The molecule has 232 valence electrons. The first-order valence-electron chi connectivity index (χ1n) is 14.2. The van der Waals surface area contributed by atoms with E-state index in [0.29, 0.717) is 12.8 Å². The maximum absolute atomic E-state index is 14.4. The van der Waals surface area contributed by atoms with Gasteiger partial charge in [0.15, 0.2) is 25.8 Å². The highest BCUT2D eigenvalue weighted by Gasteiger charge is 2.81. The Labute approximate surface area is 248 Å². The Bertz CT molecular complexity index is 1010. The van der Waals surface area contributed by atoms with Gasteiger partial charge in [-0.3, -0.25) is 14.5 Å². The van der Waals surface area contributed by atoms with Crippen molar-refractivity contribution in [2.45, 2.75) is 128 Å². The number of hydrogen-bond donors (Lipinski definition) is 2. The highest BCUT2D eigenvalue weighted by Crippen LogP contribution is 2.68. The summed E-state index contributed by atoms with van der Waals surface area (Å²) in [5.41, 5.74) is -6.72. The Hall–Kier alpha value is -0.813. The van der Waals surface area contributed by atoms with Crippen LogP contribution in [0.5, 0.6) is 0 Å². The summed E-state index contributed by atoms with van der Waals surface area (Å²) in [6, 6.07) is 0. The lowest BCUT2D eigenvalue weighted by molar-refractivity contribution is -0.369. The zero-order valence-corrected chi connectivity index (χ0v) is 28.5. The summed E-state index contributed by atoms with van der Waals surface area (Å²) < 4.78 is 19.6. The Morgan fingerprint density at radius 1 is 1.20 bits per heavy atom. The highest BCUT2D eigenvalue weighted by atomic mass is 35.5. The molecule has 0 unspecified atom stereocenters. The molecule has 8 atom stereocenters. The summed E-state index contributed by atoms with van der Waals surface area (Å²) in [5.74, 6) is -1.60. The number of nitrogens with zero attached hydrogens (tertiary/aromatic N) is 1. The van der Waals surface area contributed by atoms with Crippen molar-refractivity contribution in [3.05, 3.63) is 12.7 Å². The molecule has 2 N–H and O–H groups in total. The van der Waals surface area contributed by atoms with Gasteiger partial charge in [0.05, 0.1) is 24.4 Å². The molecule has 10 heteroatoms. The van der Waals surface area contributed by atoms with E-state index in [4.69, 9.17) is 13.9 Å². The summed E-state index contributed by atoms with van der Waals surface area (Å²) in [7, 11) is 1.12. The third-order valence-corrected chi connectivity index (χ3v) is 15.1. The minimum absolute atomic E-state index is 0. The first-order chi connectivity index (χ1) is 17.4. The summed E-state index contributed by atoms with van der Waals surface area (Å²) in [6.07, 6.45) is -0.233. The SMILES string of the molecule is C=C[C@@]1(C)CC(=O)[C@]2(O)[C@@]3(C)[C@@H](O[Si](C)(C)C(C)(C)C)CCC(C)(C)[C@@H]3[C@H](O)[C@H](OC(=O)CN(C)C)[C@@]2(C)O1.Cl. The van der Waals surface area contributed by atoms with Crippen molar-refractivity contribution in [2.24, 2.45) is 16.7 Å². The van der Waals surface area contributed by atoms with Crippen LogP contribution in [0.1, 0.15) is 74.7 Å². The lowest BCUT2D eigenvalue weighted by Gasteiger charge is -2.72. The third kappa shape index (κ3) is 5.16. The average molecular weight is 604 g/mol. The Kier molecular flexibility index (Phi) is 9.48. The van der Waals surface area contributed by atoms with Crippen molar-refractivity contribution < 1.29 is 33.7 Å². The van der Waals surface area contributed by atoms with Gasteiger partial charge in [-0.2, -0.15) is 0 Å². The van der Waals surface area contributed by atoms with Crippen molar-refractivity contribution in [1.29, 1.82) is 0 Å². The number of Topliss-reactive ketones (excluding diaryl/α,β-unsaturated/α-hetero) is 1. The highest BCUT2D eigenvalue weighted by molar-refractivity contribution is 6.74. The molecule has 0 bridgehead atoms. The first kappa shape index (κ1) is 35.4. The molecule has 1 aliphatic heterocycles. The van der Waals surface area contributed by atoms with E-state index in [9.17, 15) is 19.8 Å². The van der Waals surface area contributed by atoms with Crippen LogP contribution < -0.4 is 0 Å². The topological polar surface area (TPSA) is 106 Å². The molecule has 0 amide bonds. The Balaban J connectivity index is 0.00000560. The molecule has 0 aromatic heterocycles. The Morgan fingerprint density at radius 2 is 1.75 bits per heavy atom. The molecule has 0 radical (unpaired) electrons. The van der Waals surface area contributed by atoms with Gasteiger partial charge in [0.1, 0.15) is 5.60 Å². The molecule has 3 rings (SSSR count). The monoisotopic (exact) mass is 603 g/mol. The quantitative estimate of drug-likeness (QED) is 0.259. The smallest absolute Gasteiger partial charge is 0.320 e. The van der Waals surface area contributed by atoms with Crippen LogP contribution in [0.3, 0.4) is 0 Å². The summed E-state index contributed by atoms with van der Waals surface area (Å²) in [4.78, 5) is 29.1. The second-order valence-electron chi connectivity index (χ2n) is 15.3. The van der Waals surface area contributed by atoms with Crippen LogP contribution in [0, 0.1) is 16.7 Å². The zero-order valence-electron chi connectivity index (χ0n) is 26.7. The molecule has 40 heavy (non-hydrogen) atoms. The number of fused-ring (bicyclic) bond motifs is 3. The van der Waals surface area contributed by atoms with Gasteiger partial charge in [0.25, 0.3) is 0 Å². The van der Waals surface area contributed by atoms with Gasteiger partial charge in [0.2, 0.25) is 0 Å². The molecular weight excluding hydrogens is 550 g/mol. The second kappa shape index (κ2) is 10.7. The molecule has 2 saturated carbocycles. The van der Waals surface area contributed by atoms with E-state index in [-0.39, 0.29) is 30.4 Å². The number of rotatable bonds is 6. The summed E-state index contributed by atoms with van der Waals surface area (Å²) in [6.45, 7) is 24.0. The maximum atomic E-state index is 14.4. The van der Waals surface area contributed by atoms with E-state index >= 15 is 0 Å². The lowest BCUT2D eigenvalue weighted by Crippen LogP contribution is -2.87. The van der Waals surface area contributed by atoms with Crippen LogP contribution in [0.15, 0.2) is 12.7 Å². The van der Waals surface area contributed by atoms with Crippen molar-refractivity contribution in [1.82, 2.24) is 4.90 Å². The molecule has 3 fully saturated rings. The van der Waals surface area contributed by atoms with E-state index < -0.39 is 71.9 Å². The van der Waals surface area contributed by atoms with Gasteiger partial charge in [-0.15, -0.1) is 19.0 Å². The summed E-state index contributed by atoms with van der Waals surface area (Å²) in [5, 5.41) is 25.1. The zero-order chi connectivity index (χ0) is 30.2. The predicted molar refractivity (Wildman–Crippen MR) is 161 cm³/mol. The van der Waals surface area contributed by atoms with Gasteiger partial charge in [-0.25, -0.2) is 0 Å². The fourth-order valence-electron chi connectivity index (χ4n) is 7.61. The number of aliphatic hydroxyl groups is 2. The average Bonchev–Trinajstić information content (AvgIpc) is 2.75. The molecule has 0 spiro atoms. The van der Waals surface area contributed by atoms with Crippen molar-refractivity contribution in [3.8, 4) is 0 Å². The molecular formula is C30H54ClNO7Si. The number of aliphatic hydroxyl groups excluding tert-OH is 1. The van der Waals surface area contributed by atoms with Crippen LogP contribution in [0.4, 0.5) is 0 Å². The van der Waals surface area contributed by atoms with E-state index in [2.05, 4.69) is 54.3 Å². The largest absolute Gasteiger partial charge is 0.455 e. The van der Waals surface area contributed by atoms with Crippen LogP contribution in [-0.4, -0.2) is 90.9 Å². The normalized spacial score (nSPS) is 41.4. The number of carbonyl (C=O) groups is 2. The van der Waals surface area contributed by atoms with Crippen molar-refractivity contribution >= 4 is 32.5 Å². The number of halogens is 1. The molecule has 1 saturated heterocycles. The van der Waals surface area contributed by atoms with Crippen LogP contribution in [0.25, 0.3) is 0 Å². The molecule has 3 aliphatic rings. The fraction of sp³-hybridized carbons (Fsp3) is 0.867. The van der Waals surface area contributed by atoms with Gasteiger partial charge in [-0.1, -0.05) is 47.6 Å². The molecule has 0 aromatic carbocycles. The summed E-state index contributed by atoms with van der Waals surface area (Å²) >= 11 is 0. The number of hydrogen-bond acceptors (Lipinski definition) is 8. The standard InChI is InChI=1S/C30H53NO7Si.ClH/c1-14-27(7)17-19(32)30(35)28(8)20(37-39(12,13)25(2,3)4)15-16-26(5,6)23(28)22(34)24(29(30,9)38-27)36-21(33)18-31(10)11;/h14,20,22-24,34-35H,1,15-18H2,2-13H3;1H/t20-,22-,23-,24-,27-,28-,29+,30-;/m0./s1. The van der Waals surface area contributed by atoms with E-state index in [1.165, 1.54) is 0 Å². The van der Waals surface area contributed by atoms with Gasteiger partial charge < -0.3 is 24.1 Å². The number of ketones is 1. The van der Waals surface area contributed by atoms with E-state index in [1.54, 1.807) is 38.9 Å². The van der Waals surface area contributed by atoms with Gasteiger partial charge >= 0.3 is 5.97 Å². The molecule has 0 aromatic rings. The number of likely N-dealkylation sites (N-methyl/N-ethyl adjacent to an activating group) is 1. The van der Waals surface area contributed by atoms with Gasteiger partial charge in [0, 0.05) is 17.8 Å². The lowest BCUT2D eigenvalue weighted by atomic mass is 9.40. The number of esters is 1. The fourth-order valence-corrected chi connectivity index (χ4v) is 9.04. The number of ether oxygens (including phenoxy) is 2. The maximum Gasteiger partial charge on any atom is 0.320 e. The third-order valence-electron chi connectivity index (χ3n) is 10.6. The molecule has 2 aliphatic carbocycles. The van der Waals surface area contributed by atoms with Crippen LogP contribution >= 0.6 is 12.4 Å². The van der Waals surface area contributed by atoms with E-state index in [0.717, 1.165) is 0 Å². The molecule has 8 nitrogen and oxygen atoms in total. The predicted octanol–water partition coefficient (Wildman–Crippen LogP) is 4.51.